The molecule has 0 atom stereocenters. The molecule has 0 aliphatic carbocycles. The van der Waals surface area contributed by atoms with E-state index in [1.807, 2.05) is 25.1 Å². The smallest absolute Gasteiger partial charge is 0.214 e. The van der Waals surface area contributed by atoms with Crippen LogP contribution in [0.1, 0.15) is 38.3 Å². The minimum atomic E-state index is -3.18. The number of hydrogen-bond donors (Lipinski definition) is 1. The van der Waals surface area contributed by atoms with Crippen LogP contribution < -0.4 is 5.32 Å². The Kier molecular flexibility index (Phi) is 6.79. The van der Waals surface area contributed by atoms with Gasteiger partial charge < -0.3 is 5.32 Å². The van der Waals surface area contributed by atoms with Crippen LogP contribution in [0.15, 0.2) is 24.4 Å². The van der Waals surface area contributed by atoms with Crippen molar-refractivity contribution in [1.29, 1.82) is 0 Å². The Balaban J connectivity index is 2.06. The maximum Gasteiger partial charge on any atom is 0.214 e. The van der Waals surface area contributed by atoms with Crippen LogP contribution in [0.3, 0.4) is 0 Å². The molecule has 2 heterocycles. The van der Waals surface area contributed by atoms with Crippen molar-refractivity contribution < 1.29 is 8.42 Å². The highest BCUT2D eigenvalue weighted by molar-refractivity contribution is 7.89. The molecule has 6 heteroatoms. The summed E-state index contributed by atoms with van der Waals surface area (Å²) < 4.78 is 27.1. The SMILES string of the molecule is CCCCS(=O)(=O)N(CCc1ccccn1)C1CCNCC1. The van der Waals surface area contributed by atoms with Gasteiger partial charge in [0.25, 0.3) is 0 Å². The Bertz CT molecular complexity index is 528. The van der Waals surface area contributed by atoms with Crippen molar-refractivity contribution in [3.05, 3.63) is 30.1 Å². The second-order valence-corrected chi connectivity index (χ2v) is 7.87. The molecule has 124 valence electrons. The van der Waals surface area contributed by atoms with Crippen LogP contribution in [0.2, 0.25) is 0 Å². The summed E-state index contributed by atoms with van der Waals surface area (Å²) in [5.41, 5.74) is 0.951. The Morgan fingerprint density at radius 3 is 2.73 bits per heavy atom. The molecule has 1 aliphatic rings. The minimum Gasteiger partial charge on any atom is -0.317 e. The summed E-state index contributed by atoms with van der Waals surface area (Å²) in [5.74, 6) is 0.260. The third-order valence-electron chi connectivity index (χ3n) is 4.14. The molecule has 1 saturated heterocycles. The monoisotopic (exact) mass is 325 g/mol. The molecule has 1 aromatic rings. The van der Waals surface area contributed by atoms with Crippen molar-refractivity contribution in [1.82, 2.24) is 14.6 Å². The van der Waals surface area contributed by atoms with Crippen LogP contribution >= 0.6 is 0 Å². The molecule has 1 fully saturated rings. The molecule has 0 unspecified atom stereocenters. The van der Waals surface area contributed by atoms with E-state index in [1.165, 1.54) is 0 Å². The molecule has 1 N–H and O–H groups in total. The molecular formula is C16H27N3O2S. The van der Waals surface area contributed by atoms with Crippen LogP contribution in [0, 0.1) is 0 Å². The normalized spacial score (nSPS) is 17.0. The number of pyridine rings is 1. The van der Waals surface area contributed by atoms with Crippen LogP contribution in [-0.4, -0.2) is 49.1 Å². The second-order valence-electron chi connectivity index (χ2n) is 5.83. The molecule has 0 spiro atoms. The number of nitrogens with zero attached hydrogens (tertiary/aromatic N) is 2. The molecule has 0 amide bonds. The zero-order chi connectivity index (χ0) is 15.8. The van der Waals surface area contributed by atoms with Gasteiger partial charge in [0.2, 0.25) is 10.0 Å². The lowest BCUT2D eigenvalue weighted by molar-refractivity contribution is 0.263. The Morgan fingerprint density at radius 2 is 2.09 bits per heavy atom. The Hall–Kier alpha value is -0.980. The van der Waals surface area contributed by atoms with Gasteiger partial charge in [-0.3, -0.25) is 4.98 Å². The summed E-state index contributed by atoms with van der Waals surface area (Å²) >= 11 is 0. The first-order valence-corrected chi connectivity index (χ1v) is 9.84. The van der Waals surface area contributed by atoms with Gasteiger partial charge in [-0.25, -0.2) is 8.42 Å². The first-order valence-electron chi connectivity index (χ1n) is 8.23. The van der Waals surface area contributed by atoms with Crippen LogP contribution in [-0.2, 0) is 16.4 Å². The lowest BCUT2D eigenvalue weighted by atomic mass is 10.1. The number of hydrogen-bond acceptors (Lipinski definition) is 4. The summed E-state index contributed by atoms with van der Waals surface area (Å²) in [6.07, 6.45) is 5.86. The standard InChI is InChI=1S/C16H27N3O2S/c1-2-3-14-22(20,21)19(16-7-11-17-12-8-16)13-9-15-6-4-5-10-18-15/h4-6,10,16-17H,2-3,7-9,11-14H2,1H3. The molecule has 0 radical (unpaired) electrons. The van der Waals surface area contributed by atoms with Crippen LogP contribution in [0.4, 0.5) is 0 Å². The van der Waals surface area contributed by atoms with E-state index in [9.17, 15) is 8.42 Å². The van der Waals surface area contributed by atoms with Crippen molar-refractivity contribution in [2.24, 2.45) is 0 Å². The average Bonchev–Trinajstić information content (AvgIpc) is 2.55. The fourth-order valence-electron chi connectivity index (χ4n) is 2.86. The fraction of sp³-hybridized carbons (Fsp3) is 0.688. The van der Waals surface area contributed by atoms with Gasteiger partial charge >= 0.3 is 0 Å². The van der Waals surface area contributed by atoms with Gasteiger partial charge in [-0.1, -0.05) is 19.4 Å². The predicted octanol–water partition coefficient (Wildman–Crippen LogP) is 1.81. The maximum absolute atomic E-state index is 12.7. The van der Waals surface area contributed by atoms with Crippen LogP contribution in [0.25, 0.3) is 0 Å². The number of sulfonamides is 1. The average molecular weight is 325 g/mol. The van der Waals surface area contributed by atoms with Gasteiger partial charge in [0.15, 0.2) is 0 Å². The summed E-state index contributed by atoms with van der Waals surface area (Å²) in [6, 6.07) is 5.92. The molecule has 22 heavy (non-hydrogen) atoms. The quantitative estimate of drug-likeness (QED) is 0.792. The molecule has 5 nitrogen and oxygen atoms in total. The van der Waals surface area contributed by atoms with E-state index in [-0.39, 0.29) is 11.8 Å². The number of unbranched alkanes of at least 4 members (excludes halogenated alkanes) is 1. The van der Waals surface area contributed by atoms with E-state index in [4.69, 9.17) is 0 Å². The zero-order valence-electron chi connectivity index (χ0n) is 13.4. The summed E-state index contributed by atoms with van der Waals surface area (Å²) in [7, 11) is -3.18. The highest BCUT2D eigenvalue weighted by Crippen LogP contribution is 2.18. The summed E-state index contributed by atoms with van der Waals surface area (Å²) in [5, 5.41) is 3.30. The second kappa shape index (κ2) is 8.60. The van der Waals surface area contributed by atoms with Crippen molar-refractivity contribution in [2.45, 2.75) is 45.1 Å². The van der Waals surface area contributed by atoms with E-state index in [0.29, 0.717) is 13.0 Å². The van der Waals surface area contributed by atoms with E-state index >= 15 is 0 Å². The van der Waals surface area contributed by atoms with E-state index < -0.39 is 10.0 Å². The number of piperidine rings is 1. The molecule has 0 saturated carbocycles. The van der Waals surface area contributed by atoms with E-state index in [1.54, 1.807) is 10.5 Å². The van der Waals surface area contributed by atoms with Gasteiger partial charge in [-0.15, -0.1) is 0 Å². The Morgan fingerprint density at radius 1 is 1.32 bits per heavy atom. The molecular weight excluding hydrogens is 298 g/mol. The van der Waals surface area contributed by atoms with Gasteiger partial charge in [-0.05, 0) is 44.5 Å². The highest BCUT2D eigenvalue weighted by Gasteiger charge is 2.30. The third kappa shape index (κ3) is 5.04. The molecule has 0 bridgehead atoms. The van der Waals surface area contributed by atoms with Crippen LogP contribution in [0.5, 0.6) is 0 Å². The lowest BCUT2D eigenvalue weighted by Gasteiger charge is -2.33. The first kappa shape index (κ1) is 17.4. The zero-order valence-corrected chi connectivity index (χ0v) is 14.2. The highest BCUT2D eigenvalue weighted by atomic mass is 32.2. The van der Waals surface area contributed by atoms with E-state index in [2.05, 4.69) is 10.3 Å². The third-order valence-corrected chi connectivity index (χ3v) is 6.14. The van der Waals surface area contributed by atoms with Gasteiger partial charge in [0, 0.05) is 30.9 Å². The van der Waals surface area contributed by atoms with Gasteiger partial charge in [-0.2, -0.15) is 4.31 Å². The summed E-state index contributed by atoms with van der Waals surface area (Å²) in [4.78, 5) is 4.31. The first-order chi connectivity index (χ1) is 10.6. The minimum absolute atomic E-state index is 0.131. The number of rotatable bonds is 8. The van der Waals surface area contributed by atoms with Gasteiger partial charge in [0.1, 0.15) is 0 Å². The maximum atomic E-state index is 12.7. The number of nitrogens with one attached hydrogen (secondary N) is 1. The van der Waals surface area contributed by atoms with Crippen molar-refractivity contribution in [3.63, 3.8) is 0 Å². The van der Waals surface area contributed by atoms with Crippen molar-refractivity contribution in [3.8, 4) is 0 Å². The summed E-state index contributed by atoms with van der Waals surface area (Å²) in [6.45, 7) is 4.36. The number of aromatic nitrogens is 1. The van der Waals surface area contributed by atoms with Gasteiger partial charge in [0.05, 0.1) is 5.75 Å². The molecule has 1 aliphatic heterocycles. The fourth-order valence-corrected chi connectivity index (χ4v) is 4.78. The van der Waals surface area contributed by atoms with Crippen molar-refractivity contribution in [2.75, 3.05) is 25.4 Å². The Labute approximate surface area is 134 Å². The van der Waals surface area contributed by atoms with Crippen molar-refractivity contribution >= 4 is 10.0 Å². The largest absolute Gasteiger partial charge is 0.317 e. The molecule has 2 rings (SSSR count). The lowest BCUT2D eigenvalue weighted by Crippen LogP contribution is -2.47. The molecule has 0 aromatic carbocycles. The molecule has 1 aromatic heterocycles. The van der Waals surface area contributed by atoms with E-state index in [0.717, 1.165) is 44.5 Å². The predicted molar refractivity (Wildman–Crippen MR) is 89.2 cm³/mol. The topological polar surface area (TPSA) is 62.3 Å².